The lowest BCUT2D eigenvalue weighted by molar-refractivity contribution is -0.119. The summed E-state index contributed by atoms with van der Waals surface area (Å²) in [5.41, 5.74) is 7.01. The maximum atomic E-state index is 11.4. The summed E-state index contributed by atoms with van der Waals surface area (Å²) in [6.07, 6.45) is 1.11. The first kappa shape index (κ1) is 13.9. The van der Waals surface area contributed by atoms with Crippen LogP contribution in [0.2, 0.25) is 0 Å². The lowest BCUT2D eigenvalue weighted by atomic mass is 10.2. The van der Waals surface area contributed by atoms with Crippen LogP contribution in [0.5, 0.6) is 0 Å². The van der Waals surface area contributed by atoms with E-state index in [1.807, 2.05) is 12.1 Å². The second-order valence-electron chi connectivity index (χ2n) is 3.58. The van der Waals surface area contributed by atoms with Crippen molar-refractivity contribution >= 4 is 29.0 Å². The maximum Gasteiger partial charge on any atom is 0.250 e. The van der Waals surface area contributed by atoms with Crippen LogP contribution >= 0.6 is 11.8 Å². The molecule has 0 heterocycles. The fourth-order valence-electron chi connectivity index (χ4n) is 1.27. The van der Waals surface area contributed by atoms with Crippen molar-refractivity contribution in [2.75, 3.05) is 30.5 Å². The molecule has 1 aromatic carbocycles. The lowest BCUT2D eigenvalue weighted by Gasteiger charge is -2.09. The molecule has 1 amide bonds. The minimum absolute atomic E-state index is 0.0335. The molecule has 94 valence electrons. The van der Waals surface area contributed by atoms with E-state index in [1.54, 1.807) is 17.8 Å². The average Bonchev–Trinajstić information content (AvgIpc) is 2.30. The normalized spacial score (nSPS) is 10.2. The monoisotopic (exact) mass is 254 g/mol. The fraction of sp³-hybridized carbons (Fsp3) is 0.417. The quantitative estimate of drug-likeness (QED) is 0.604. The number of carbonyl (C=O) groups is 1. The summed E-state index contributed by atoms with van der Waals surface area (Å²) >= 11 is 1.75. The van der Waals surface area contributed by atoms with E-state index < -0.39 is 0 Å². The number of methoxy groups -OCH3 is 1. The molecule has 0 aliphatic carbocycles. The highest BCUT2D eigenvalue weighted by Crippen LogP contribution is 2.26. The van der Waals surface area contributed by atoms with Crippen LogP contribution in [0.3, 0.4) is 0 Å². The van der Waals surface area contributed by atoms with Crippen LogP contribution in [-0.2, 0) is 9.53 Å². The molecule has 5 heteroatoms. The summed E-state index contributed by atoms with van der Waals surface area (Å²) in [5.74, 6) is 0.854. The number of thioether (sulfide) groups is 1. The first-order valence-corrected chi connectivity index (χ1v) is 6.47. The Bertz CT molecular complexity index is 383. The molecular formula is C12H18N2O2S. The van der Waals surface area contributed by atoms with Gasteiger partial charge >= 0.3 is 0 Å². The van der Waals surface area contributed by atoms with Crippen LogP contribution in [0.25, 0.3) is 0 Å². The van der Waals surface area contributed by atoms with Crippen LogP contribution in [0, 0.1) is 0 Å². The molecule has 0 saturated heterocycles. The number of rotatable bonds is 6. The first-order valence-electron chi connectivity index (χ1n) is 5.48. The number of ether oxygens (including phenoxy) is 1. The van der Waals surface area contributed by atoms with Gasteiger partial charge in [-0.25, -0.2) is 0 Å². The van der Waals surface area contributed by atoms with Gasteiger partial charge in [0.25, 0.3) is 0 Å². The Kier molecular flexibility index (Phi) is 5.86. The van der Waals surface area contributed by atoms with Gasteiger partial charge in [0.1, 0.15) is 6.61 Å². The van der Waals surface area contributed by atoms with Crippen LogP contribution in [0.15, 0.2) is 23.1 Å². The molecule has 0 radical (unpaired) electrons. The molecule has 3 N–H and O–H groups in total. The Balaban J connectivity index is 2.72. The number of hydrogen-bond acceptors (Lipinski definition) is 4. The molecule has 17 heavy (non-hydrogen) atoms. The number of nitrogen functional groups attached to an aromatic ring is 1. The van der Waals surface area contributed by atoms with Gasteiger partial charge in [-0.15, -0.1) is 11.8 Å². The smallest absolute Gasteiger partial charge is 0.250 e. The molecule has 0 bridgehead atoms. The molecule has 0 aliphatic heterocycles. The molecule has 1 aromatic rings. The highest BCUT2D eigenvalue weighted by molar-refractivity contribution is 7.99. The molecule has 0 fully saturated rings. The van der Waals surface area contributed by atoms with Crippen molar-refractivity contribution < 1.29 is 9.53 Å². The Morgan fingerprint density at radius 3 is 2.94 bits per heavy atom. The van der Waals surface area contributed by atoms with E-state index in [1.165, 1.54) is 7.11 Å². The van der Waals surface area contributed by atoms with Gasteiger partial charge in [0.05, 0.1) is 11.4 Å². The number of hydrogen-bond donors (Lipinski definition) is 2. The van der Waals surface area contributed by atoms with Gasteiger partial charge in [0, 0.05) is 12.0 Å². The predicted molar refractivity (Wildman–Crippen MR) is 72.4 cm³/mol. The molecule has 1 rings (SSSR count). The number of benzene rings is 1. The number of amides is 1. The molecule has 0 spiro atoms. The second kappa shape index (κ2) is 7.19. The summed E-state index contributed by atoms with van der Waals surface area (Å²) in [5, 5.41) is 2.73. The first-order chi connectivity index (χ1) is 8.17. The molecule has 0 saturated carbocycles. The maximum absolute atomic E-state index is 11.4. The number of carbonyl (C=O) groups excluding carboxylic acids is 1. The second-order valence-corrected chi connectivity index (χ2v) is 4.75. The standard InChI is InChI=1S/C12H18N2O2S/c1-3-6-17-9-4-5-10(13)11(7-9)14-12(15)8-16-2/h4-5,7H,3,6,8,13H2,1-2H3,(H,14,15). The van der Waals surface area contributed by atoms with Crippen LogP contribution in [-0.4, -0.2) is 25.4 Å². The molecule has 0 atom stereocenters. The SMILES string of the molecule is CCCSc1ccc(N)c(NC(=O)COC)c1. The Labute approximate surface area is 106 Å². The Morgan fingerprint density at radius 2 is 2.29 bits per heavy atom. The van der Waals surface area contributed by atoms with Gasteiger partial charge in [-0.05, 0) is 30.4 Å². The minimum Gasteiger partial charge on any atom is -0.397 e. The summed E-state index contributed by atoms with van der Waals surface area (Å²) in [6.45, 7) is 2.16. The molecule has 0 aliphatic rings. The van der Waals surface area contributed by atoms with Gasteiger partial charge in [-0.2, -0.15) is 0 Å². The van der Waals surface area contributed by atoms with E-state index in [0.717, 1.165) is 17.1 Å². The third kappa shape index (κ3) is 4.66. The zero-order chi connectivity index (χ0) is 12.7. The summed E-state index contributed by atoms with van der Waals surface area (Å²) in [6, 6.07) is 5.66. The highest BCUT2D eigenvalue weighted by atomic mass is 32.2. The van der Waals surface area contributed by atoms with Crippen molar-refractivity contribution in [1.82, 2.24) is 0 Å². The molecule has 0 aromatic heterocycles. The van der Waals surface area contributed by atoms with E-state index in [2.05, 4.69) is 12.2 Å². The van der Waals surface area contributed by atoms with Crippen molar-refractivity contribution in [2.24, 2.45) is 0 Å². The molecular weight excluding hydrogens is 236 g/mol. The van der Waals surface area contributed by atoms with E-state index in [4.69, 9.17) is 10.5 Å². The Hall–Kier alpha value is -1.20. The van der Waals surface area contributed by atoms with Crippen LogP contribution < -0.4 is 11.1 Å². The van der Waals surface area contributed by atoms with Gasteiger partial charge in [0.15, 0.2) is 0 Å². The van der Waals surface area contributed by atoms with E-state index in [-0.39, 0.29) is 12.5 Å². The lowest BCUT2D eigenvalue weighted by Crippen LogP contribution is -2.18. The summed E-state index contributed by atoms with van der Waals surface area (Å²) in [7, 11) is 1.48. The van der Waals surface area contributed by atoms with Crippen molar-refractivity contribution in [3.05, 3.63) is 18.2 Å². The van der Waals surface area contributed by atoms with Crippen molar-refractivity contribution in [3.8, 4) is 0 Å². The van der Waals surface area contributed by atoms with Gasteiger partial charge in [-0.1, -0.05) is 6.92 Å². The largest absolute Gasteiger partial charge is 0.397 e. The topological polar surface area (TPSA) is 64.3 Å². The van der Waals surface area contributed by atoms with Crippen molar-refractivity contribution in [1.29, 1.82) is 0 Å². The van der Waals surface area contributed by atoms with Gasteiger partial charge in [0.2, 0.25) is 5.91 Å². The predicted octanol–water partition coefficient (Wildman–Crippen LogP) is 2.36. The molecule has 0 unspecified atom stereocenters. The average molecular weight is 254 g/mol. The summed E-state index contributed by atoms with van der Waals surface area (Å²) < 4.78 is 4.75. The number of nitrogens with one attached hydrogen (secondary N) is 1. The van der Waals surface area contributed by atoms with E-state index >= 15 is 0 Å². The minimum atomic E-state index is -0.197. The fourth-order valence-corrected chi connectivity index (χ4v) is 2.08. The molecule has 4 nitrogen and oxygen atoms in total. The van der Waals surface area contributed by atoms with Crippen molar-refractivity contribution in [3.63, 3.8) is 0 Å². The Morgan fingerprint density at radius 1 is 1.53 bits per heavy atom. The third-order valence-corrected chi connectivity index (χ3v) is 3.25. The van der Waals surface area contributed by atoms with Gasteiger partial charge in [-0.3, -0.25) is 4.79 Å². The number of anilines is 2. The van der Waals surface area contributed by atoms with E-state index in [9.17, 15) is 4.79 Å². The highest BCUT2D eigenvalue weighted by Gasteiger charge is 2.06. The number of nitrogens with two attached hydrogens (primary N) is 1. The van der Waals surface area contributed by atoms with E-state index in [0.29, 0.717) is 11.4 Å². The zero-order valence-electron chi connectivity index (χ0n) is 10.2. The van der Waals surface area contributed by atoms with Crippen LogP contribution in [0.4, 0.5) is 11.4 Å². The summed E-state index contributed by atoms with van der Waals surface area (Å²) in [4.78, 5) is 12.5. The van der Waals surface area contributed by atoms with Gasteiger partial charge < -0.3 is 15.8 Å². The van der Waals surface area contributed by atoms with Crippen molar-refractivity contribution in [2.45, 2.75) is 18.2 Å². The third-order valence-electron chi connectivity index (χ3n) is 2.05. The van der Waals surface area contributed by atoms with Crippen LogP contribution in [0.1, 0.15) is 13.3 Å². The zero-order valence-corrected chi connectivity index (χ0v) is 11.0.